The predicted octanol–water partition coefficient (Wildman–Crippen LogP) is 1.56. The van der Waals surface area contributed by atoms with E-state index in [9.17, 15) is 20.0 Å². The minimum Gasteiger partial charge on any atom is -0.507 e. The Kier molecular flexibility index (Phi) is 6.69. The third-order valence-corrected chi connectivity index (χ3v) is 2.33. The summed E-state index contributed by atoms with van der Waals surface area (Å²) in [6.45, 7) is 3.40. The van der Waals surface area contributed by atoms with Crippen LogP contribution in [0.3, 0.4) is 0 Å². The first-order chi connectivity index (χ1) is 10.0. The van der Waals surface area contributed by atoms with Crippen LogP contribution in [0.1, 0.15) is 12.0 Å². The van der Waals surface area contributed by atoms with E-state index in [4.69, 9.17) is 9.47 Å². The zero-order valence-electron chi connectivity index (χ0n) is 11.2. The molecule has 0 fully saturated rings. The Balaban J connectivity index is 2.27. The van der Waals surface area contributed by atoms with E-state index in [-0.39, 0.29) is 37.7 Å². The molecule has 8 nitrogen and oxygen atoms in total. The average Bonchev–Trinajstić information content (AvgIpc) is 2.44. The number of carbonyl (C=O) groups excluding carboxylic acids is 1. The normalized spacial score (nSPS) is 9.90. The molecule has 0 aliphatic rings. The molecule has 0 unspecified atom stereocenters. The zero-order chi connectivity index (χ0) is 15.7. The number of hydrogen-bond donors (Lipinski definition) is 1. The first kappa shape index (κ1) is 16.4. The van der Waals surface area contributed by atoms with E-state index < -0.39 is 11.1 Å². The third-order valence-electron chi connectivity index (χ3n) is 2.33. The van der Waals surface area contributed by atoms with Crippen LogP contribution in [0.25, 0.3) is 6.08 Å². The van der Waals surface area contributed by atoms with Gasteiger partial charge in [-0.25, -0.2) is 0 Å². The van der Waals surface area contributed by atoms with Crippen LogP contribution >= 0.6 is 0 Å². The molecule has 0 radical (unpaired) electrons. The van der Waals surface area contributed by atoms with Crippen LogP contribution in [0.2, 0.25) is 0 Å². The van der Waals surface area contributed by atoms with Gasteiger partial charge in [0.1, 0.15) is 18.1 Å². The molecule has 0 aliphatic carbocycles. The van der Waals surface area contributed by atoms with E-state index in [0.29, 0.717) is 5.56 Å². The zero-order valence-corrected chi connectivity index (χ0v) is 11.2. The van der Waals surface area contributed by atoms with Gasteiger partial charge in [-0.15, -0.1) is 10.1 Å². The number of aromatic hydroxyl groups is 1. The maximum Gasteiger partial charge on any atom is 0.313 e. The summed E-state index contributed by atoms with van der Waals surface area (Å²) < 4.78 is 10.0. The number of esters is 1. The molecule has 1 aromatic carbocycles. The van der Waals surface area contributed by atoms with Crippen LogP contribution in [0.5, 0.6) is 11.5 Å². The van der Waals surface area contributed by atoms with Gasteiger partial charge in [0.25, 0.3) is 5.09 Å². The van der Waals surface area contributed by atoms with E-state index in [1.807, 2.05) is 0 Å². The van der Waals surface area contributed by atoms with Gasteiger partial charge in [-0.1, -0.05) is 12.7 Å². The maximum atomic E-state index is 11.5. The number of phenolic OH excluding ortho intramolecular Hbond substituents is 1. The maximum absolute atomic E-state index is 11.5. The van der Waals surface area contributed by atoms with Gasteiger partial charge in [0.2, 0.25) is 0 Å². The van der Waals surface area contributed by atoms with Crippen molar-refractivity contribution < 1.29 is 29.3 Å². The van der Waals surface area contributed by atoms with Gasteiger partial charge in [0.05, 0.1) is 19.6 Å². The molecule has 1 N–H and O–H groups in total. The van der Waals surface area contributed by atoms with Gasteiger partial charge in [-0.05, 0) is 18.2 Å². The Morgan fingerprint density at radius 2 is 2.14 bits per heavy atom. The van der Waals surface area contributed by atoms with Crippen molar-refractivity contribution in [3.05, 3.63) is 40.5 Å². The number of carbonyl (C=O) groups is 1. The molecule has 0 aliphatic heterocycles. The summed E-state index contributed by atoms with van der Waals surface area (Å²) in [5, 5.41) is 18.4. The van der Waals surface area contributed by atoms with Crippen LogP contribution in [-0.4, -0.2) is 36.0 Å². The lowest BCUT2D eigenvalue weighted by Crippen LogP contribution is -2.14. The van der Waals surface area contributed by atoms with E-state index >= 15 is 0 Å². The van der Waals surface area contributed by atoms with Crippen molar-refractivity contribution in [3.63, 3.8) is 0 Å². The van der Waals surface area contributed by atoms with Gasteiger partial charge in [-0.3, -0.25) is 4.79 Å². The fourth-order valence-corrected chi connectivity index (χ4v) is 1.37. The van der Waals surface area contributed by atoms with Crippen LogP contribution in [0, 0.1) is 10.1 Å². The second kappa shape index (κ2) is 8.54. The molecular formula is C13H15NO7. The smallest absolute Gasteiger partial charge is 0.313 e. The summed E-state index contributed by atoms with van der Waals surface area (Å²) in [5.41, 5.74) is 0.452. The molecule has 8 heteroatoms. The Hall–Kier alpha value is -2.61. The fourth-order valence-electron chi connectivity index (χ4n) is 1.37. The quantitative estimate of drug-likeness (QED) is 0.242. The molecule has 0 aromatic heterocycles. The molecule has 0 saturated heterocycles. The van der Waals surface area contributed by atoms with Crippen molar-refractivity contribution in [1.82, 2.24) is 0 Å². The molecule has 21 heavy (non-hydrogen) atoms. The summed E-state index contributed by atoms with van der Waals surface area (Å²) in [6, 6.07) is 4.32. The fraction of sp³-hybridized carbons (Fsp3) is 0.308. The lowest BCUT2D eigenvalue weighted by atomic mass is 10.2. The highest BCUT2D eigenvalue weighted by molar-refractivity contribution is 5.73. The highest BCUT2D eigenvalue weighted by Crippen LogP contribution is 2.23. The summed E-state index contributed by atoms with van der Waals surface area (Å²) >= 11 is 0. The molecule has 114 valence electrons. The molecule has 0 atom stereocenters. The molecule has 1 rings (SSSR count). The number of phenols is 1. The summed E-state index contributed by atoms with van der Waals surface area (Å²) in [7, 11) is 0. The number of hydrogen-bond acceptors (Lipinski definition) is 7. The number of benzene rings is 1. The molecule has 1 aromatic rings. The summed E-state index contributed by atoms with van der Waals surface area (Å²) in [6.07, 6.45) is 1.42. The molecular weight excluding hydrogens is 282 g/mol. The largest absolute Gasteiger partial charge is 0.507 e. The summed E-state index contributed by atoms with van der Waals surface area (Å²) in [5.74, 6) is -0.200. The van der Waals surface area contributed by atoms with Crippen molar-refractivity contribution >= 4 is 12.0 Å². The second-order valence-corrected chi connectivity index (χ2v) is 3.82. The summed E-state index contributed by atoms with van der Waals surface area (Å²) in [4.78, 5) is 25.4. The van der Waals surface area contributed by atoms with Gasteiger partial charge in [-0.2, -0.15) is 0 Å². The second-order valence-electron chi connectivity index (χ2n) is 3.82. The predicted molar refractivity (Wildman–Crippen MR) is 72.2 cm³/mol. The minimum absolute atomic E-state index is 0.00802. The monoisotopic (exact) mass is 297 g/mol. The highest BCUT2D eigenvalue weighted by Gasteiger charge is 2.07. The van der Waals surface area contributed by atoms with E-state index in [0.717, 1.165) is 0 Å². The Morgan fingerprint density at radius 3 is 2.81 bits per heavy atom. The standard InChI is InChI=1S/C13H15NO7/c1-2-10-9-11(3-4-12(10)15)21-13(16)5-6-19-7-8-20-14(17)18/h2-4,9,15H,1,5-8H2. The van der Waals surface area contributed by atoms with Crippen LogP contribution in [0.4, 0.5) is 0 Å². The molecule has 0 spiro atoms. The Labute approximate surface area is 120 Å². The van der Waals surface area contributed by atoms with Crippen LogP contribution in [-0.2, 0) is 14.4 Å². The van der Waals surface area contributed by atoms with Crippen molar-refractivity contribution in [2.75, 3.05) is 19.8 Å². The van der Waals surface area contributed by atoms with E-state index in [1.165, 1.54) is 24.3 Å². The molecule has 0 saturated carbocycles. The SMILES string of the molecule is C=Cc1cc(OC(=O)CCOCCO[N+](=O)[O-])ccc1O. The first-order valence-electron chi connectivity index (χ1n) is 6.04. The van der Waals surface area contributed by atoms with Crippen molar-refractivity contribution in [1.29, 1.82) is 0 Å². The van der Waals surface area contributed by atoms with Crippen LogP contribution < -0.4 is 4.74 Å². The van der Waals surface area contributed by atoms with Crippen molar-refractivity contribution in [3.8, 4) is 11.5 Å². The minimum atomic E-state index is -0.917. The van der Waals surface area contributed by atoms with Crippen molar-refractivity contribution in [2.45, 2.75) is 6.42 Å². The highest BCUT2D eigenvalue weighted by atomic mass is 17.0. The third kappa shape index (κ3) is 6.39. The molecule has 0 amide bonds. The topological polar surface area (TPSA) is 108 Å². The van der Waals surface area contributed by atoms with Gasteiger partial charge in [0.15, 0.2) is 0 Å². The molecule has 0 bridgehead atoms. The Bertz CT molecular complexity index is 515. The number of rotatable bonds is 9. The Morgan fingerprint density at radius 1 is 1.38 bits per heavy atom. The molecule has 0 heterocycles. The van der Waals surface area contributed by atoms with E-state index in [1.54, 1.807) is 0 Å². The van der Waals surface area contributed by atoms with Crippen molar-refractivity contribution in [2.24, 2.45) is 0 Å². The van der Waals surface area contributed by atoms with Gasteiger partial charge >= 0.3 is 5.97 Å². The lowest BCUT2D eigenvalue weighted by molar-refractivity contribution is -0.758. The number of ether oxygens (including phenoxy) is 2. The number of nitrogens with zero attached hydrogens (tertiary/aromatic N) is 1. The van der Waals surface area contributed by atoms with Crippen LogP contribution in [0.15, 0.2) is 24.8 Å². The van der Waals surface area contributed by atoms with E-state index in [2.05, 4.69) is 11.4 Å². The average molecular weight is 297 g/mol. The van der Waals surface area contributed by atoms with Gasteiger partial charge in [0, 0.05) is 5.56 Å². The van der Waals surface area contributed by atoms with Gasteiger partial charge < -0.3 is 19.4 Å². The first-order valence-corrected chi connectivity index (χ1v) is 6.04. The lowest BCUT2D eigenvalue weighted by Gasteiger charge is -2.07.